The van der Waals surface area contributed by atoms with Crippen LogP contribution in [0.15, 0.2) is 67.0 Å². The van der Waals surface area contributed by atoms with Crippen molar-refractivity contribution in [2.75, 3.05) is 0 Å². The number of benzene rings is 2. The molecule has 0 saturated heterocycles. The van der Waals surface area contributed by atoms with Crippen molar-refractivity contribution < 1.29 is 4.79 Å². The second-order valence-corrected chi connectivity index (χ2v) is 5.18. The monoisotopic (exact) mass is 291 g/mol. The maximum absolute atomic E-state index is 12.2. The molecular formula is C18H17N3O. The number of nitrogens with zero attached hydrogens (tertiary/aromatic N) is 2. The summed E-state index contributed by atoms with van der Waals surface area (Å²) < 4.78 is 1.70. The molecule has 0 radical (unpaired) electrons. The molecule has 0 spiro atoms. The summed E-state index contributed by atoms with van der Waals surface area (Å²) in [4.78, 5) is 12.2. The van der Waals surface area contributed by atoms with Crippen molar-refractivity contribution in [2.24, 2.45) is 0 Å². The smallest absolute Gasteiger partial charge is 0.254 e. The molecule has 0 aliphatic heterocycles. The first-order valence-electron chi connectivity index (χ1n) is 7.16. The standard InChI is InChI=1S/C18H17N3O/c1-14-7-9-15(10-8-14)11-19-18(22)16-12-20-21(13-16)17-5-3-2-4-6-17/h2-10,12-13H,11H2,1H3,(H,19,22). The predicted octanol–water partition coefficient (Wildman–Crippen LogP) is 3.11. The third-order valence-electron chi connectivity index (χ3n) is 3.44. The van der Waals surface area contributed by atoms with Gasteiger partial charge in [-0.25, -0.2) is 4.68 Å². The molecule has 22 heavy (non-hydrogen) atoms. The summed E-state index contributed by atoms with van der Waals surface area (Å²) in [6, 6.07) is 17.8. The van der Waals surface area contributed by atoms with Crippen LogP contribution in [0.4, 0.5) is 0 Å². The minimum atomic E-state index is -0.122. The SMILES string of the molecule is Cc1ccc(CNC(=O)c2cnn(-c3ccccc3)c2)cc1. The molecule has 1 aromatic heterocycles. The van der Waals surface area contributed by atoms with Crippen LogP contribution in [-0.4, -0.2) is 15.7 Å². The van der Waals surface area contributed by atoms with E-state index in [9.17, 15) is 4.79 Å². The molecule has 1 amide bonds. The fourth-order valence-corrected chi connectivity index (χ4v) is 2.15. The van der Waals surface area contributed by atoms with Gasteiger partial charge in [0.1, 0.15) is 0 Å². The van der Waals surface area contributed by atoms with Gasteiger partial charge in [0, 0.05) is 12.7 Å². The van der Waals surface area contributed by atoms with E-state index in [0.29, 0.717) is 12.1 Å². The van der Waals surface area contributed by atoms with E-state index in [1.165, 1.54) is 5.56 Å². The molecule has 0 bridgehead atoms. The van der Waals surface area contributed by atoms with Crippen LogP contribution in [0, 0.1) is 6.92 Å². The molecule has 2 aromatic carbocycles. The molecule has 0 aliphatic rings. The van der Waals surface area contributed by atoms with Gasteiger partial charge in [-0.2, -0.15) is 5.10 Å². The number of carbonyl (C=O) groups excluding carboxylic acids is 1. The molecule has 3 aromatic rings. The van der Waals surface area contributed by atoms with E-state index >= 15 is 0 Å². The van der Waals surface area contributed by atoms with Crippen LogP contribution >= 0.6 is 0 Å². The average molecular weight is 291 g/mol. The van der Waals surface area contributed by atoms with Gasteiger partial charge < -0.3 is 5.32 Å². The van der Waals surface area contributed by atoms with E-state index in [1.54, 1.807) is 17.1 Å². The van der Waals surface area contributed by atoms with Crippen molar-refractivity contribution in [2.45, 2.75) is 13.5 Å². The summed E-state index contributed by atoms with van der Waals surface area (Å²) in [5.41, 5.74) is 3.77. The Morgan fingerprint density at radius 3 is 2.55 bits per heavy atom. The van der Waals surface area contributed by atoms with Crippen LogP contribution in [0.5, 0.6) is 0 Å². The van der Waals surface area contributed by atoms with Crippen molar-refractivity contribution >= 4 is 5.91 Å². The largest absolute Gasteiger partial charge is 0.348 e. The van der Waals surface area contributed by atoms with Gasteiger partial charge in [0.15, 0.2) is 0 Å². The summed E-state index contributed by atoms with van der Waals surface area (Å²) in [5.74, 6) is -0.122. The Morgan fingerprint density at radius 2 is 1.82 bits per heavy atom. The molecule has 0 fully saturated rings. The molecule has 4 nitrogen and oxygen atoms in total. The van der Waals surface area contributed by atoms with E-state index in [1.807, 2.05) is 61.5 Å². The van der Waals surface area contributed by atoms with Crippen molar-refractivity contribution in [3.05, 3.63) is 83.7 Å². The molecule has 1 N–H and O–H groups in total. The van der Waals surface area contributed by atoms with E-state index in [0.717, 1.165) is 11.3 Å². The number of nitrogens with one attached hydrogen (secondary N) is 1. The van der Waals surface area contributed by atoms with Gasteiger partial charge in [0.05, 0.1) is 17.4 Å². The zero-order valence-corrected chi connectivity index (χ0v) is 12.4. The lowest BCUT2D eigenvalue weighted by Crippen LogP contribution is -2.22. The van der Waals surface area contributed by atoms with Crippen molar-refractivity contribution in [3.8, 4) is 5.69 Å². The van der Waals surface area contributed by atoms with Crippen LogP contribution in [0.25, 0.3) is 5.69 Å². The number of aryl methyl sites for hydroxylation is 1. The Balaban J connectivity index is 1.66. The number of para-hydroxylation sites is 1. The molecule has 110 valence electrons. The maximum atomic E-state index is 12.2. The Bertz CT molecular complexity index is 761. The van der Waals surface area contributed by atoms with Gasteiger partial charge in [0.25, 0.3) is 5.91 Å². The summed E-state index contributed by atoms with van der Waals surface area (Å²) in [5, 5.41) is 7.14. The molecule has 0 aliphatic carbocycles. The number of rotatable bonds is 4. The predicted molar refractivity (Wildman–Crippen MR) is 85.9 cm³/mol. The summed E-state index contributed by atoms with van der Waals surface area (Å²) in [7, 11) is 0. The number of aromatic nitrogens is 2. The van der Waals surface area contributed by atoms with Crippen LogP contribution < -0.4 is 5.32 Å². The maximum Gasteiger partial charge on any atom is 0.254 e. The second kappa shape index (κ2) is 6.26. The zero-order chi connectivity index (χ0) is 15.4. The Hall–Kier alpha value is -2.88. The lowest BCUT2D eigenvalue weighted by atomic mass is 10.1. The van der Waals surface area contributed by atoms with Gasteiger partial charge in [-0.1, -0.05) is 48.0 Å². The fourth-order valence-electron chi connectivity index (χ4n) is 2.15. The topological polar surface area (TPSA) is 46.9 Å². The first-order chi connectivity index (χ1) is 10.7. The Kier molecular flexibility index (Phi) is 4.01. The van der Waals surface area contributed by atoms with E-state index in [2.05, 4.69) is 10.4 Å². The molecule has 0 unspecified atom stereocenters. The molecule has 3 rings (SSSR count). The Labute approximate surface area is 129 Å². The van der Waals surface area contributed by atoms with Crippen LogP contribution in [0.2, 0.25) is 0 Å². The number of amides is 1. The zero-order valence-electron chi connectivity index (χ0n) is 12.4. The van der Waals surface area contributed by atoms with Crippen molar-refractivity contribution in [3.63, 3.8) is 0 Å². The van der Waals surface area contributed by atoms with E-state index in [-0.39, 0.29) is 5.91 Å². The lowest BCUT2D eigenvalue weighted by Gasteiger charge is -2.04. The van der Waals surface area contributed by atoms with Crippen molar-refractivity contribution in [1.29, 1.82) is 0 Å². The molecule has 0 atom stereocenters. The van der Waals surface area contributed by atoms with Gasteiger partial charge in [-0.3, -0.25) is 4.79 Å². The van der Waals surface area contributed by atoms with Crippen LogP contribution in [0.3, 0.4) is 0 Å². The minimum Gasteiger partial charge on any atom is -0.348 e. The third kappa shape index (κ3) is 3.23. The van der Waals surface area contributed by atoms with Gasteiger partial charge in [0.2, 0.25) is 0 Å². The highest BCUT2D eigenvalue weighted by molar-refractivity contribution is 5.93. The average Bonchev–Trinajstić information content (AvgIpc) is 3.05. The number of carbonyl (C=O) groups is 1. The highest BCUT2D eigenvalue weighted by Gasteiger charge is 2.09. The molecular weight excluding hydrogens is 274 g/mol. The fraction of sp³-hybridized carbons (Fsp3) is 0.111. The first kappa shape index (κ1) is 14.1. The number of hydrogen-bond donors (Lipinski definition) is 1. The highest BCUT2D eigenvalue weighted by Crippen LogP contribution is 2.08. The van der Waals surface area contributed by atoms with E-state index < -0.39 is 0 Å². The van der Waals surface area contributed by atoms with Gasteiger partial charge in [-0.05, 0) is 24.6 Å². The van der Waals surface area contributed by atoms with Crippen LogP contribution in [0.1, 0.15) is 21.5 Å². The summed E-state index contributed by atoms with van der Waals surface area (Å²) in [6.45, 7) is 2.55. The molecule has 1 heterocycles. The second-order valence-electron chi connectivity index (χ2n) is 5.18. The Morgan fingerprint density at radius 1 is 1.09 bits per heavy atom. The highest BCUT2D eigenvalue weighted by atomic mass is 16.1. The van der Waals surface area contributed by atoms with Gasteiger partial charge in [-0.15, -0.1) is 0 Å². The molecule has 0 saturated carbocycles. The van der Waals surface area contributed by atoms with Crippen LogP contribution in [-0.2, 0) is 6.54 Å². The number of hydrogen-bond acceptors (Lipinski definition) is 2. The first-order valence-corrected chi connectivity index (χ1v) is 7.16. The third-order valence-corrected chi connectivity index (χ3v) is 3.44. The molecule has 4 heteroatoms. The summed E-state index contributed by atoms with van der Waals surface area (Å²) in [6.07, 6.45) is 3.32. The quantitative estimate of drug-likeness (QED) is 0.803. The van der Waals surface area contributed by atoms with Crippen molar-refractivity contribution in [1.82, 2.24) is 15.1 Å². The lowest BCUT2D eigenvalue weighted by molar-refractivity contribution is 0.0951. The van der Waals surface area contributed by atoms with Gasteiger partial charge >= 0.3 is 0 Å². The normalized spacial score (nSPS) is 10.4. The minimum absolute atomic E-state index is 0.122. The van der Waals surface area contributed by atoms with E-state index in [4.69, 9.17) is 0 Å². The summed E-state index contributed by atoms with van der Waals surface area (Å²) >= 11 is 0.